The van der Waals surface area contributed by atoms with Gasteiger partial charge in [0.15, 0.2) is 14.1 Å². The van der Waals surface area contributed by atoms with Gasteiger partial charge in [-0.1, -0.05) is 19.6 Å². The van der Waals surface area contributed by atoms with Crippen LogP contribution in [-0.4, -0.2) is 12.5 Å². The lowest BCUT2D eigenvalue weighted by atomic mass is 10.6. The summed E-state index contributed by atoms with van der Waals surface area (Å²) in [5.74, 6) is 0.546. The van der Waals surface area contributed by atoms with Crippen LogP contribution in [0.25, 0.3) is 0 Å². The van der Waals surface area contributed by atoms with Gasteiger partial charge in [0.25, 0.3) is 0 Å². The van der Waals surface area contributed by atoms with Crippen LogP contribution in [0.3, 0.4) is 0 Å². The van der Waals surface area contributed by atoms with E-state index in [1.807, 2.05) is 16.5 Å². The van der Waals surface area contributed by atoms with Crippen LogP contribution in [0, 0.1) is 4.91 Å². The SMILES string of the molecule is C[Si](C)(C)n1cccc1N=O. The fraction of sp³-hybridized carbons (Fsp3) is 0.429. The van der Waals surface area contributed by atoms with Crippen molar-refractivity contribution in [3.05, 3.63) is 23.2 Å². The summed E-state index contributed by atoms with van der Waals surface area (Å²) in [5.41, 5.74) is 0. The molecular weight excluding hydrogens is 156 g/mol. The molecule has 0 aliphatic carbocycles. The van der Waals surface area contributed by atoms with Crippen LogP contribution < -0.4 is 0 Å². The van der Waals surface area contributed by atoms with Crippen LogP contribution in [0.15, 0.2) is 23.5 Å². The van der Waals surface area contributed by atoms with Crippen LogP contribution in [0.4, 0.5) is 5.82 Å². The Morgan fingerprint density at radius 3 is 2.45 bits per heavy atom. The molecule has 0 bridgehead atoms. The Morgan fingerprint density at radius 2 is 2.09 bits per heavy atom. The highest BCUT2D eigenvalue weighted by Gasteiger charge is 2.18. The van der Waals surface area contributed by atoms with Gasteiger partial charge in [-0.25, -0.2) is 0 Å². The Hall–Kier alpha value is -0.903. The molecule has 1 heterocycles. The van der Waals surface area contributed by atoms with Crippen molar-refractivity contribution in [1.82, 2.24) is 4.23 Å². The summed E-state index contributed by atoms with van der Waals surface area (Å²) < 4.78 is 1.99. The maximum absolute atomic E-state index is 10.3. The van der Waals surface area contributed by atoms with Gasteiger partial charge in [0.05, 0.1) is 0 Å². The number of nitrogens with zero attached hydrogens (tertiary/aromatic N) is 2. The zero-order valence-corrected chi connectivity index (χ0v) is 8.03. The van der Waals surface area contributed by atoms with E-state index in [1.54, 1.807) is 6.07 Å². The molecule has 1 rings (SSSR count). The Morgan fingerprint density at radius 1 is 1.45 bits per heavy atom. The molecule has 0 unspecified atom stereocenters. The Bertz CT molecular complexity index is 262. The van der Waals surface area contributed by atoms with Crippen LogP contribution >= 0.6 is 0 Å². The zero-order valence-electron chi connectivity index (χ0n) is 7.03. The van der Waals surface area contributed by atoms with Crippen molar-refractivity contribution in [2.75, 3.05) is 0 Å². The monoisotopic (exact) mass is 168 g/mol. The quantitative estimate of drug-likeness (QED) is 0.493. The molecule has 0 atom stereocenters. The highest BCUT2D eigenvalue weighted by Crippen LogP contribution is 2.18. The predicted octanol–water partition coefficient (Wildman–Crippen LogP) is 2.57. The van der Waals surface area contributed by atoms with Crippen molar-refractivity contribution in [3.8, 4) is 0 Å². The molecule has 0 aliphatic rings. The number of hydrogen-bond acceptors (Lipinski definition) is 2. The van der Waals surface area contributed by atoms with Crippen LogP contribution in [0.2, 0.25) is 19.6 Å². The molecule has 0 amide bonds. The summed E-state index contributed by atoms with van der Waals surface area (Å²) in [6.07, 6.45) is 1.92. The lowest BCUT2D eigenvalue weighted by Crippen LogP contribution is -2.30. The van der Waals surface area contributed by atoms with Crippen LogP contribution in [0.5, 0.6) is 0 Å². The molecule has 1 aromatic heterocycles. The van der Waals surface area contributed by atoms with E-state index in [9.17, 15) is 4.91 Å². The van der Waals surface area contributed by atoms with Crippen LogP contribution in [-0.2, 0) is 0 Å². The van der Waals surface area contributed by atoms with Gasteiger partial charge in [-0.3, -0.25) is 0 Å². The molecule has 1 aromatic rings. The normalized spacial score (nSPS) is 11.5. The summed E-state index contributed by atoms with van der Waals surface area (Å²) in [6.45, 7) is 6.51. The molecule has 60 valence electrons. The van der Waals surface area contributed by atoms with Crippen molar-refractivity contribution in [2.24, 2.45) is 5.18 Å². The molecule has 0 saturated carbocycles. The Balaban J connectivity index is 3.12. The van der Waals surface area contributed by atoms with Crippen molar-refractivity contribution in [2.45, 2.75) is 19.6 Å². The number of nitroso groups, excluding NO2 is 1. The fourth-order valence-corrected chi connectivity index (χ4v) is 2.35. The highest BCUT2D eigenvalue weighted by atomic mass is 28.3. The molecular formula is C7H12N2OSi. The minimum absolute atomic E-state index is 0.546. The molecule has 0 aliphatic heterocycles. The first-order valence-electron chi connectivity index (χ1n) is 3.57. The first-order chi connectivity index (χ1) is 5.05. The van der Waals surface area contributed by atoms with Crippen molar-refractivity contribution >= 4 is 14.1 Å². The number of hydrogen-bond donors (Lipinski definition) is 0. The van der Waals surface area contributed by atoms with Gasteiger partial charge in [-0.05, 0) is 23.5 Å². The van der Waals surface area contributed by atoms with Gasteiger partial charge in [-0.15, -0.1) is 4.91 Å². The lowest BCUT2D eigenvalue weighted by molar-refractivity contribution is 1.13. The minimum Gasteiger partial charge on any atom is -0.358 e. The maximum atomic E-state index is 10.3. The van der Waals surface area contributed by atoms with E-state index >= 15 is 0 Å². The molecule has 4 heteroatoms. The predicted molar refractivity (Wildman–Crippen MR) is 48.6 cm³/mol. The topological polar surface area (TPSA) is 34.4 Å². The number of rotatable bonds is 2. The maximum Gasteiger partial charge on any atom is 0.169 e. The second kappa shape index (κ2) is 2.62. The van der Waals surface area contributed by atoms with E-state index in [0.717, 1.165) is 0 Å². The van der Waals surface area contributed by atoms with E-state index in [2.05, 4.69) is 24.8 Å². The highest BCUT2D eigenvalue weighted by molar-refractivity contribution is 6.74. The smallest absolute Gasteiger partial charge is 0.169 e. The van der Waals surface area contributed by atoms with Gasteiger partial charge in [-0.2, -0.15) is 0 Å². The van der Waals surface area contributed by atoms with E-state index in [4.69, 9.17) is 0 Å². The van der Waals surface area contributed by atoms with E-state index in [-0.39, 0.29) is 0 Å². The standard InChI is InChI=1S/C7H12N2OSi/c1-11(2,3)9-6-4-5-7(9)8-10/h4-6H,1-3H3. The largest absolute Gasteiger partial charge is 0.358 e. The molecule has 0 spiro atoms. The van der Waals surface area contributed by atoms with Crippen molar-refractivity contribution in [1.29, 1.82) is 0 Å². The molecule has 0 aromatic carbocycles. The third-order valence-corrected chi connectivity index (χ3v) is 3.37. The van der Waals surface area contributed by atoms with Crippen molar-refractivity contribution < 1.29 is 0 Å². The average Bonchev–Trinajstić information content (AvgIpc) is 2.31. The van der Waals surface area contributed by atoms with Gasteiger partial charge in [0, 0.05) is 0 Å². The van der Waals surface area contributed by atoms with Crippen molar-refractivity contribution in [3.63, 3.8) is 0 Å². The van der Waals surface area contributed by atoms with Gasteiger partial charge in [0.2, 0.25) is 0 Å². The third-order valence-electron chi connectivity index (χ3n) is 1.54. The lowest BCUT2D eigenvalue weighted by Gasteiger charge is -2.18. The summed E-state index contributed by atoms with van der Waals surface area (Å²) in [7, 11) is -1.42. The second-order valence-corrected chi connectivity index (χ2v) is 8.32. The molecule has 0 fully saturated rings. The van der Waals surface area contributed by atoms with Crippen LogP contribution in [0.1, 0.15) is 0 Å². The first kappa shape index (κ1) is 8.20. The number of aromatic nitrogens is 1. The summed E-state index contributed by atoms with van der Waals surface area (Å²) in [6, 6.07) is 3.60. The second-order valence-electron chi connectivity index (χ2n) is 3.50. The molecule has 0 radical (unpaired) electrons. The molecule has 3 nitrogen and oxygen atoms in total. The summed E-state index contributed by atoms with van der Waals surface area (Å²) in [5, 5.41) is 2.94. The van der Waals surface area contributed by atoms with Gasteiger partial charge < -0.3 is 4.23 Å². The van der Waals surface area contributed by atoms with E-state index in [1.165, 1.54) is 0 Å². The Kier molecular flexibility index (Phi) is 1.95. The molecule has 11 heavy (non-hydrogen) atoms. The van der Waals surface area contributed by atoms with Gasteiger partial charge >= 0.3 is 0 Å². The third kappa shape index (κ3) is 1.57. The molecule has 0 N–H and O–H groups in total. The minimum atomic E-state index is -1.42. The van der Waals surface area contributed by atoms with E-state index < -0.39 is 8.24 Å². The summed E-state index contributed by atoms with van der Waals surface area (Å²) in [4.78, 5) is 10.3. The van der Waals surface area contributed by atoms with E-state index in [0.29, 0.717) is 5.82 Å². The van der Waals surface area contributed by atoms with Gasteiger partial charge in [0.1, 0.15) is 0 Å². The Labute approximate surface area is 67.1 Å². The average molecular weight is 168 g/mol. The fourth-order valence-electron chi connectivity index (χ4n) is 1.01. The first-order valence-corrected chi connectivity index (χ1v) is 7.01. The molecule has 0 saturated heterocycles. The summed E-state index contributed by atoms with van der Waals surface area (Å²) >= 11 is 0. The zero-order chi connectivity index (χ0) is 8.48.